The molecule has 0 atom stereocenters. The number of fused-ring (bicyclic) bond motifs is 1. The number of hydrogen-bond donors (Lipinski definition) is 1. The molecule has 1 heterocycles. The molecule has 0 bridgehead atoms. The van der Waals surface area contributed by atoms with E-state index in [1.165, 1.54) is 11.1 Å². The van der Waals surface area contributed by atoms with Crippen molar-refractivity contribution in [1.29, 1.82) is 0 Å². The summed E-state index contributed by atoms with van der Waals surface area (Å²) in [7, 11) is -1.63. The summed E-state index contributed by atoms with van der Waals surface area (Å²) in [6, 6.07) is 5.66. The van der Waals surface area contributed by atoms with Gasteiger partial charge in [-0.25, -0.2) is 12.7 Å². The summed E-state index contributed by atoms with van der Waals surface area (Å²) in [5, 5.41) is 3.32. The maximum absolute atomic E-state index is 12.7. The quantitative estimate of drug-likeness (QED) is 0.922. The minimum atomic E-state index is -3.35. The molecule has 2 aliphatic rings. The molecule has 0 spiro atoms. The zero-order valence-electron chi connectivity index (χ0n) is 12.6. The maximum atomic E-state index is 12.7. The zero-order valence-corrected chi connectivity index (χ0v) is 13.5. The van der Waals surface area contributed by atoms with Crippen LogP contribution in [0.5, 0.6) is 0 Å². The van der Waals surface area contributed by atoms with Crippen molar-refractivity contribution in [2.75, 3.05) is 26.7 Å². The van der Waals surface area contributed by atoms with Crippen LogP contribution in [0.15, 0.2) is 23.1 Å². The molecule has 1 aliphatic carbocycles. The van der Waals surface area contributed by atoms with E-state index in [0.717, 1.165) is 45.2 Å². The Labute approximate surface area is 127 Å². The molecule has 1 aliphatic heterocycles. The van der Waals surface area contributed by atoms with E-state index in [1.54, 1.807) is 17.4 Å². The van der Waals surface area contributed by atoms with Crippen molar-refractivity contribution < 1.29 is 8.42 Å². The second kappa shape index (κ2) is 6.07. The van der Waals surface area contributed by atoms with Gasteiger partial charge >= 0.3 is 0 Å². The van der Waals surface area contributed by atoms with Gasteiger partial charge in [-0.15, -0.1) is 0 Å². The van der Waals surface area contributed by atoms with Crippen LogP contribution in [-0.2, 0) is 22.9 Å². The highest BCUT2D eigenvalue weighted by Gasteiger charge is 2.25. The van der Waals surface area contributed by atoms with Crippen LogP contribution in [0.1, 0.15) is 30.4 Å². The Hall–Kier alpha value is -0.910. The fourth-order valence-electron chi connectivity index (χ4n) is 3.41. The van der Waals surface area contributed by atoms with Gasteiger partial charge in [0.15, 0.2) is 0 Å². The fourth-order valence-corrected chi connectivity index (χ4v) is 4.71. The number of nitrogens with zero attached hydrogens (tertiary/aromatic N) is 1. The first-order valence-electron chi connectivity index (χ1n) is 7.86. The van der Waals surface area contributed by atoms with Crippen LogP contribution in [-0.4, -0.2) is 39.4 Å². The molecule has 1 saturated heterocycles. The zero-order chi connectivity index (χ0) is 14.9. The Morgan fingerprint density at radius 1 is 1.19 bits per heavy atom. The summed E-state index contributed by atoms with van der Waals surface area (Å²) < 4.78 is 27.0. The summed E-state index contributed by atoms with van der Waals surface area (Å²) in [6.45, 7) is 2.62. The van der Waals surface area contributed by atoms with E-state index >= 15 is 0 Å². The lowest BCUT2D eigenvalue weighted by Gasteiger charge is -2.27. The number of nitrogens with one attached hydrogen (secondary N) is 1. The molecule has 0 unspecified atom stereocenters. The Balaban J connectivity index is 1.75. The van der Waals surface area contributed by atoms with Crippen LogP contribution in [0.3, 0.4) is 0 Å². The topological polar surface area (TPSA) is 49.4 Å². The molecule has 21 heavy (non-hydrogen) atoms. The standard InChI is InChI=1S/C16H24N2O2S/c1-18(12-13-7-9-17-10-8-13)21(19,20)16-6-5-14-3-2-4-15(14)11-16/h5-6,11,13,17H,2-4,7-10,12H2,1H3. The molecule has 0 saturated carbocycles. The van der Waals surface area contributed by atoms with Crippen molar-refractivity contribution in [2.45, 2.75) is 37.0 Å². The summed E-state index contributed by atoms with van der Waals surface area (Å²) in [5.74, 6) is 0.473. The molecule has 5 heteroatoms. The van der Waals surface area contributed by atoms with Crippen LogP contribution < -0.4 is 5.32 Å². The summed E-state index contributed by atoms with van der Waals surface area (Å²) in [5.41, 5.74) is 2.53. The van der Waals surface area contributed by atoms with E-state index in [2.05, 4.69) is 5.32 Å². The molecule has 4 nitrogen and oxygen atoms in total. The molecule has 1 aromatic carbocycles. The van der Waals surface area contributed by atoms with Crippen molar-refractivity contribution in [2.24, 2.45) is 5.92 Å². The summed E-state index contributed by atoms with van der Waals surface area (Å²) in [4.78, 5) is 0.458. The Morgan fingerprint density at radius 3 is 2.67 bits per heavy atom. The molecule has 3 rings (SSSR count). The van der Waals surface area contributed by atoms with Gasteiger partial charge in [-0.2, -0.15) is 0 Å². The van der Waals surface area contributed by atoms with Gasteiger partial charge in [0, 0.05) is 13.6 Å². The largest absolute Gasteiger partial charge is 0.317 e. The molecule has 116 valence electrons. The molecule has 1 aromatic rings. The van der Waals surface area contributed by atoms with Crippen molar-refractivity contribution in [3.8, 4) is 0 Å². The highest BCUT2D eigenvalue weighted by atomic mass is 32.2. The lowest BCUT2D eigenvalue weighted by Crippen LogP contribution is -2.37. The van der Waals surface area contributed by atoms with E-state index in [4.69, 9.17) is 0 Å². The minimum Gasteiger partial charge on any atom is -0.317 e. The first kappa shape index (κ1) is 15.0. The van der Waals surface area contributed by atoms with Crippen LogP contribution >= 0.6 is 0 Å². The van der Waals surface area contributed by atoms with Gasteiger partial charge in [-0.3, -0.25) is 0 Å². The van der Waals surface area contributed by atoms with Gasteiger partial charge in [-0.05, 0) is 74.4 Å². The van der Waals surface area contributed by atoms with Crippen LogP contribution in [0.4, 0.5) is 0 Å². The van der Waals surface area contributed by atoms with E-state index in [0.29, 0.717) is 17.4 Å². The van der Waals surface area contributed by atoms with Gasteiger partial charge in [0.05, 0.1) is 4.90 Å². The normalized spacial score (nSPS) is 19.9. The Bertz CT molecular complexity index is 607. The van der Waals surface area contributed by atoms with Crippen LogP contribution in [0, 0.1) is 5.92 Å². The third-order valence-electron chi connectivity index (χ3n) is 4.75. The number of sulfonamides is 1. The molecule has 0 aromatic heterocycles. The number of rotatable bonds is 4. The summed E-state index contributed by atoms with van der Waals surface area (Å²) >= 11 is 0. The van der Waals surface area contributed by atoms with E-state index in [1.807, 2.05) is 12.1 Å². The first-order chi connectivity index (χ1) is 10.1. The van der Waals surface area contributed by atoms with E-state index < -0.39 is 10.0 Å². The molecule has 1 fully saturated rings. The lowest BCUT2D eigenvalue weighted by atomic mass is 9.98. The monoisotopic (exact) mass is 308 g/mol. The third kappa shape index (κ3) is 3.15. The van der Waals surface area contributed by atoms with Gasteiger partial charge < -0.3 is 5.32 Å². The minimum absolute atomic E-state index is 0.458. The average molecular weight is 308 g/mol. The maximum Gasteiger partial charge on any atom is 0.242 e. The molecule has 0 amide bonds. The van der Waals surface area contributed by atoms with Crippen molar-refractivity contribution >= 4 is 10.0 Å². The van der Waals surface area contributed by atoms with Crippen LogP contribution in [0.25, 0.3) is 0 Å². The summed E-state index contributed by atoms with van der Waals surface area (Å²) in [6.07, 6.45) is 5.36. The van der Waals surface area contributed by atoms with Gasteiger partial charge in [0.25, 0.3) is 0 Å². The van der Waals surface area contributed by atoms with E-state index in [-0.39, 0.29) is 0 Å². The number of piperidine rings is 1. The highest BCUT2D eigenvalue weighted by Crippen LogP contribution is 2.26. The van der Waals surface area contributed by atoms with Crippen LogP contribution in [0.2, 0.25) is 0 Å². The predicted octanol–water partition coefficient (Wildman–Crippen LogP) is 1.80. The van der Waals surface area contributed by atoms with Crippen molar-refractivity contribution in [3.05, 3.63) is 29.3 Å². The van der Waals surface area contributed by atoms with Gasteiger partial charge in [0.2, 0.25) is 10.0 Å². The molecular weight excluding hydrogens is 284 g/mol. The first-order valence-corrected chi connectivity index (χ1v) is 9.30. The van der Waals surface area contributed by atoms with E-state index in [9.17, 15) is 8.42 Å². The number of aryl methyl sites for hydroxylation is 2. The van der Waals surface area contributed by atoms with Gasteiger partial charge in [0.1, 0.15) is 0 Å². The predicted molar refractivity (Wildman–Crippen MR) is 83.9 cm³/mol. The molecule has 0 radical (unpaired) electrons. The van der Waals surface area contributed by atoms with Crippen molar-refractivity contribution in [3.63, 3.8) is 0 Å². The van der Waals surface area contributed by atoms with Gasteiger partial charge in [-0.1, -0.05) is 6.07 Å². The number of benzene rings is 1. The smallest absolute Gasteiger partial charge is 0.242 e. The SMILES string of the molecule is CN(CC1CCNCC1)S(=O)(=O)c1ccc2c(c1)CCC2. The molecule has 1 N–H and O–H groups in total. The molecular formula is C16H24N2O2S. The highest BCUT2D eigenvalue weighted by molar-refractivity contribution is 7.89. The third-order valence-corrected chi connectivity index (χ3v) is 6.57. The Morgan fingerprint density at radius 2 is 1.90 bits per heavy atom. The Kier molecular flexibility index (Phi) is 4.33. The second-order valence-electron chi connectivity index (χ2n) is 6.26. The lowest BCUT2D eigenvalue weighted by molar-refractivity contribution is 0.311. The van der Waals surface area contributed by atoms with Crippen molar-refractivity contribution in [1.82, 2.24) is 9.62 Å². The second-order valence-corrected chi connectivity index (χ2v) is 8.31. The average Bonchev–Trinajstić information content (AvgIpc) is 2.95. The fraction of sp³-hybridized carbons (Fsp3) is 0.625. The number of hydrogen-bond acceptors (Lipinski definition) is 3.